The monoisotopic (exact) mass is 285 g/mol. The van der Waals surface area contributed by atoms with Gasteiger partial charge in [-0.05, 0) is 30.5 Å². The van der Waals surface area contributed by atoms with E-state index in [-0.39, 0.29) is 0 Å². The van der Waals surface area contributed by atoms with Crippen LogP contribution in [-0.2, 0) is 0 Å². The maximum absolute atomic E-state index is 5.32. The summed E-state index contributed by atoms with van der Waals surface area (Å²) in [5.41, 5.74) is 2.23. The molecule has 0 fully saturated rings. The summed E-state index contributed by atoms with van der Waals surface area (Å²) in [4.78, 5) is 1.27. The van der Waals surface area contributed by atoms with Crippen LogP contribution in [0, 0.1) is 0 Å². The van der Waals surface area contributed by atoms with Crippen LogP contribution in [0.25, 0.3) is 6.08 Å². The Hall–Kier alpha value is -1.87. The normalized spacial score (nSPS) is 10.7. The summed E-state index contributed by atoms with van der Waals surface area (Å²) in [5, 5.41) is 3.39. The van der Waals surface area contributed by atoms with E-state index >= 15 is 0 Å². The van der Waals surface area contributed by atoms with E-state index in [4.69, 9.17) is 4.74 Å². The summed E-state index contributed by atoms with van der Waals surface area (Å²) in [6, 6.07) is 16.4. The lowest BCUT2D eigenvalue weighted by Crippen LogP contribution is -1.97. The summed E-state index contributed by atoms with van der Waals surface area (Å²) < 4.78 is 5.32. The lowest BCUT2D eigenvalue weighted by molar-refractivity contribution is 0.414. The van der Waals surface area contributed by atoms with E-state index < -0.39 is 0 Å². The Labute approximate surface area is 124 Å². The number of thioether (sulfide) groups is 1. The van der Waals surface area contributed by atoms with E-state index in [1.807, 2.05) is 24.3 Å². The molecule has 0 aliphatic rings. The minimum Gasteiger partial charge on any atom is -0.496 e. The first-order valence-electron chi connectivity index (χ1n) is 6.51. The van der Waals surface area contributed by atoms with Gasteiger partial charge in [0, 0.05) is 22.7 Å². The minimum atomic E-state index is 0.788. The van der Waals surface area contributed by atoms with Crippen molar-refractivity contribution in [1.82, 2.24) is 0 Å². The molecule has 0 bridgehead atoms. The van der Waals surface area contributed by atoms with Gasteiger partial charge in [0.05, 0.1) is 7.11 Å². The number of benzene rings is 2. The number of para-hydroxylation sites is 1. The highest BCUT2D eigenvalue weighted by molar-refractivity contribution is 7.98. The molecule has 0 heterocycles. The third-order valence-corrected chi connectivity index (χ3v) is 3.66. The van der Waals surface area contributed by atoms with Crippen LogP contribution in [0.5, 0.6) is 5.75 Å². The first-order valence-corrected chi connectivity index (χ1v) is 7.73. The zero-order chi connectivity index (χ0) is 14.2. The molecule has 0 amide bonds. The number of hydrogen-bond donors (Lipinski definition) is 1. The summed E-state index contributed by atoms with van der Waals surface area (Å²) >= 11 is 1.75. The van der Waals surface area contributed by atoms with Crippen molar-refractivity contribution in [1.29, 1.82) is 0 Å². The molecule has 0 atom stereocenters. The van der Waals surface area contributed by atoms with Crippen molar-refractivity contribution >= 4 is 23.5 Å². The van der Waals surface area contributed by atoms with Gasteiger partial charge in [0.15, 0.2) is 0 Å². The highest BCUT2D eigenvalue weighted by Crippen LogP contribution is 2.20. The molecule has 104 valence electrons. The largest absolute Gasteiger partial charge is 0.496 e. The molecule has 2 nitrogen and oxygen atoms in total. The van der Waals surface area contributed by atoms with Gasteiger partial charge in [-0.25, -0.2) is 0 Å². The second kappa shape index (κ2) is 7.65. The van der Waals surface area contributed by atoms with E-state index in [1.54, 1.807) is 18.9 Å². The molecule has 3 heteroatoms. The lowest BCUT2D eigenvalue weighted by Gasteiger charge is -2.06. The van der Waals surface area contributed by atoms with Crippen molar-refractivity contribution in [3.8, 4) is 5.75 Å². The summed E-state index contributed by atoms with van der Waals surface area (Å²) in [7, 11) is 1.69. The topological polar surface area (TPSA) is 21.3 Å². The molecular weight excluding hydrogens is 266 g/mol. The molecule has 0 spiro atoms. The molecule has 0 saturated carbocycles. The van der Waals surface area contributed by atoms with Crippen molar-refractivity contribution in [3.63, 3.8) is 0 Å². The van der Waals surface area contributed by atoms with Crippen LogP contribution in [0.4, 0.5) is 5.69 Å². The Bertz CT molecular complexity index is 581. The highest BCUT2D eigenvalue weighted by Gasteiger charge is 1.96. The molecule has 0 aliphatic carbocycles. The number of nitrogens with one attached hydrogen (secondary N) is 1. The predicted molar refractivity (Wildman–Crippen MR) is 88.7 cm³/mol. The molecule has 0 radical (unpaired) electrons. The second-order valence-corrected chi connectivity index (χ2v) is 5.14. The maximum Gasteiger partial charge on any atom is 0.126 e. The first-order chi connectivity index (χ1) is 9.83. The van der Waals surface area contributed by atoms with Gasteiger partial charge in [-0.15, -0.1) is 11.8 Å². The standard InChI is InChI=1S/C17H19NOS/c1-19-17-11-4-3-7-14(17)8-6-12-18-15-9-5-10-16(13-15)20-2/h3-11,13,18H,12H2,1-2H3. The Kier molecular flexibility index (Phi) is 5.56. The number of anilines is 1. The smallest absolute Gasteiger partial charge is 0.126 e. The molecule has 0 aromatic heterocycles. The van der Waals surface area contributed by atoms with E-state index in [9.17, 15) is 0 Å². The van der Waals surface area contributed by atoms with Crippen LogP contribution in [-0.4, -0.2) is 19.9 Å². The average molecular weight is 285 g/mol. The Balaban J connectivity index is 1.93. The third kappa shape index (κ3) is 4.07. The van der Waals surface area contributed by atoms with Gasteiger partial charge in [-0.1, -0.05) is 36.4 Å². The summed E-state index contributed by atoms with van der Waals surface area (Å²) in [5.74, 6) is 0.896. The molecule has 20 heavy (non-hydrogen) atoms. The van der Waals surface area contributed by atoms with E-state index in [2.05, 4.69) is 48.0 Å². The van der Waals surface area contributed by atoms with Crippen molar-refractivity contribution in [2.75, 3.05) is 25.2 Å². The summed E-state index contributed by atoms with van der Waals surface area (Å²) in [6.45, 7) is 0.788. The fourth-order valence-corrected chi connectivity index (χ4v) is 2.36. The predicted octanol–water partition coefficient (Wildman–Crippen LogP) is 4.54. The number of rotatable bonds is 6. The van der Waals surface area contributed by atoms with Gasteiger partial charge in [0.2, 0.25) is 0 Å². The van der Waals surface area contributed by atoms with Crippen molar-refractivity contribution in [2.24, 2.45) is 0 Å². The molecular formula is C17H19NOS. The Morgan fingerprint density at radius 2 is 2.00 bits per heavy atom. The molecule has 2 rings (SSSR count). The van der Waals surface area contributed by atoms with E-state index in [0.29, 0.717) is 0 Å². The van der Waals surface area contributed by atoms with E-state index in [1.165, 1.54) is 4.90 Å². The first kappa shape index (κ1) is 14.5. The number of ether oxygens (including phenoxy) is 1. The summed E-state index contributed by atoms with van der Waals surface area (Å²) in [6.07, 6.45) is 6.26. The highest BCUT2D eigenvalue weighted by atomic mass is 32.2. The van der Waals surface area contributed by atoms with Gasteiger partial charge in [0.25, 0.3) is 0 Å². The zero-order valence-electron chi connectivity index (χ0n) is 11.8. The van der Waals surface area contributed by atoms with Gasteiger partial charge < -0.3 is 10.1 Å². The van der Waals surface area contributed by atoms with Crippen LogP contribution in [0.3, 0.4) is 0 Å². The molecule has 2 aromatic rings. The fraction of sp³-hybridized carbons (Fsp3) is 0.176. The van der Waals surface area contributed by atoms with Crippen molar-refractivity contribution in [3.05, 3.63) is 60.2 Å². The van der Waals surface area contributed by atoms with Crippen LogP contribution >= 0.6 is 11.8 Å². The quantitative estimate of drug-likeness (QED) is 0.787. The van der Waals surface area contributed by atoms with Gasteiger partial charge in [-0.3, -0.25) is 0 Å². The van der Waals surface area contributed by atoms with Gasteiger partial charge >= 0.3 is 0 Å². The van der Waals surface area contributed by atoms with Crippen molar-refractivity contribution < 1.29 is 4.74 Å². The Morgan fingerprint density at radius 3 is 2.80 bits per heavy atom. The molecule has 1 N–H and O–H groups in total. The van der Waals surface area contributed by atoms with Gasteiger partial charge in [-0.2, -0.15) is 0 Å². The minimum absolute atomic E-state index is 0.788. The Morgan fingerprint density at radius 1 is 1.15 bits per heavy atom. The van der Waals surface area contributed by atoms with Crippen LogP contribution in [0.2, 0.25) is 0 Å². The van der Waals surface area contributed by atoms with Crippen LogP contribution < -0.4 is 10.1 Å². The SMILES string of the molecule is COc1ccccc1C=CCNc1cccc(SC)c1. The van der Waals surface area contributed by atoms with Crippen LogP contribution in [0.15, 0.2) is 59.5 Å². The second-order valence-electron chi connectivity index (χ2n) is 4.26. The molecule has 0 saturated heterocycles. The van der Waals surface area contributed by atoms with E-state index in [0.717, 1.165) is 23.5 Å². The maximum atomic E-state index is 5.32. The van der Waals surface area contributed by atoms with Gasteiger partial charge in [0.1, 0.15) is 5.75 Å². The molecule has 0 unspecified atom stereocenters. The number of hydrogen-bond acceptors (Lipinski definition) is 3. The molecule has 2 aromatic carbocycles. The molecule has 0 aliphatic heterocycles. The fourth-order valence-electron chi connectivity index (χ4n) is 1.90. The third-order valence-electron chi connectivity index (χ3n) is 2.93. The zero-order valence-corrected chi connectivity index (χ0v) is 12.6. The average Bonchev–Trinajstić information content (AvgIpc) is 2.52. The van der Waals surface area contributed by atoms with Crippen molar-refractivity contribution in [2.45, 2.75) is 4.90 Å². The number of methoxy groups -OCH3 is 1. The lowest BCUT2D eigenvalue weighted by atomic mass is 10.2. The van der Waals surface area contributed by atoms with Crippen LogP contribution in [0.1, 0.15) is 5.56 Å².